The Morgan fingerprint density at radius 2 is 1.60 bits per heavy atom. The molecular weight excluding hydrogens is 376 g/mol. The maximum atomic E-state index is 11.1. The number of aromatic amines is 1. The first-order valence-electron chi connectivity index (χ1n) is 10.0. The summed E-state index contributed by atoms with van der Waals surface area (Å²) < 4.78 is 5.84. The van der Waals surface area contributed by atoms with Crippen molar-refractivity contribution >= 4 is 16.9 Å². The van der Waals surface area contributed by atoms with Crippen LogP contribution < -0.4 is 10.5 Å². The quantitative estimate of drug-likeness (QED) is 0.391. The van der Waals surface area contributed by atoms with E-state index in [1.165, 1.54) is 0 Å². The number of carbonyl (C=O) groups is 1. The number of aliphatic carboxylic acids is 1. The Kier molecular flexibility index (Phi) is 6.88. The van der Waals surface area contributed by atoms with Gasteiger partial charge < -0.3 is 20.6 Å². The molecule has 154 valence electrons. The van der Waals surface area contributed by atoms with Crippen molar-refractivity contribution in [2.24, 2.45) is 5.73 Å². The van der Waals surface area contributed by atoms with Gasteiger partial charge in [-0.15, -0.1) is 0 Å². The van der Waals surface area contributed by atoms with Gasteiger partial charge in [-0.1, -0.05) is 50.2 Å². The van der Waals surface area contributed by atoms with Gasteiger partial charge in [0.1, 0.15) is 17.5 Å². The van der Waals surface area contributed by atoms with Gasteiger partial charge in [0.2, 0.25) is 0 Å². The zero-order valence-corrected chi connectivity index (χ0v) is 17.1. The molecule has 5 nitrogen and oxygen atoms in total. The minimum atomic E-state index is -1.00. The fourth-order valence-corrected chi connectivity index (χ4v) is 3.19. The second-order valence-electron chi connectivity index (χ2n) is 6.66. The molecule has 1 atom stereocenters. The van der Waals surface area contributed by atoms with E-state index in [9.17, 15) is 4.79 Å². The second kappa shape index (κ2) is 9.76. The molecule has 4 N–H and O–H groups in total. The van der Waals surface area contributed by atoms with Crippen LogP contribution in [-0.2, 0) is 11.2 Å². The number of rotatable bonds is 6. The normalized spacial score (nSPS) is 11.4. The number of ether oxygens (including phenoxy) is 1. The van der Waals surface area contributed by atoms with Gasteiger partial charge in [-0.05, 0) is 53.1 Å². The van der Waals surface area contributed by atoms with Crippen LogP contribution in [0.3, 0.4) is 0 Å². The van der Waals surface area contributed by atoms with Crippen LogP contribution in [0.1, 0.15) is 19.4 Å². The van der Waals surface area contributed by atoms with Crippen LogP contribution in [0.25, 0.3) is 22.0 Å². The molecular formula is C25H26N2O3. The fourth-order valence-electron chi connectivity index (χ4n) is 3.19. The van der Waals surface area contributed by atoms with E-state index in [-0.39, 0.29) is 6.42 Å². The number of benzene rings is 3. The molecule has 4 aromatic rings. The van der Waals surface area contributed by atoms with E-state index in [2.05, 4.69) is 11.1 Å². The summed E-state index contributed by atoms with van der Waals surface area (Å²) in [6.07, 6.45) is 2.11. The summed E-state index contributed by atoms with van der Waals surface area (Å²) in [7, 11) is 0. The number of nitrogens with two attached hydrogens (primary N) is 1. The molecule has 0 aliphatic carbocycles. The lowest BCUT2D eigenvalue weighted by Crippen LogP contribution is -2.32. The summed E-state index contributed by atoms with van der Waals surface area (Å²) in [4.78, 5) is 14.2. The van der Waals surface area contributed by atoms with E-state index in [0.717, 1.165) is 39.1 Å². The molecule has 0 fully saturated rings. The van der Waals surface area contributed by atoms with Crippen molar-refractivity contribution in [2.75, 3.05) is 0 Å². The van der Waals surface area contributed by atoms with E-state index >= 15 is 0 Å². The highest BCUT2D eigenvalue weighted by molar-refractivity contribution is 5.88. The first kappa shape index (κ1) is 21.1. The molecule has 30 heavy (non-hydrogen) atoms. The van der Waals surface area contributed by atoms with E-state index in [0.29, 0.717) is 0 Å². The summed E-state index contributed by atoms with van der Waals surface area (Å²) in [5.74, 6) is 0.564. The molecule has 0 aliphatic heterocycles. The number of nitrogens with one attached hydrogen (secondary N) is 1. The van der Waals surface area contributed by atoms with Crippen LogP contribution in [-0.4, -0.2) is 22.1 Å². The van der Waals surface area contributed by atoms with E-state index < -0.39 is 12.0 Å². The van der Waals surface area contributed by atoms with Crippen LogP contribution >= 0.6 is 0 Å². The Labute approximate surface area is 176 Å². The largest absolute Gasteiger partial charge is 0.480 e. The summed E-state index contributed by atoms with van der Waals surface area (Å²) in [6.45, 7) is 4.00. The van der Waals surface area contributed by atoms with Crippen molar-refractivity contribution in [3.63, 3.8) is 0 Å². The zero-order chi connectivity index (χ0) is 21.5. The van der Waals surface area contributed by atoms with Gasteiger partial charge in [0, 0.05) is 23.5 Å². The number of carboxylic acid groups (broad SMARTS) is 1. The predicted octanol–water partition coefficient (Wildman–Crippen LogP) is 5.61. The summed E-state index contributed by atoms with van der Waals surface area (Å²) >= 11 is 0. The van der Waals surface area contributed by atoms with Gasteiger partial charge >= 0.3 is 5.97 Å². The lowest BCUT2D eigenvalue weighted by molar-refractivity contribution is -0.138. The molecule has 3 aromatic carbocycles. The van der Waals surface area contributed by atoms with Crippen molar-refractivity contribution in [1.82, 2.24) is 4.98 Å². The molecule has 0 radical (unpaired) electrons. The van der Waals surface area contributed by atoms with Gasteiger partial charge in [0.25, 0.3) is 0 Å². The van der Waals surface area contributed by atoms with Crippen LogP contribution in [0, 0.1) is 0 Å². The zero-order valence-electron chi connectivity index (χ0n) is 17.1. The molecule has 1 heterocycles. The molecule has 1 aromatic heterocycles. The van der Waals surface area contributed by atoms with Gasteiger partial charge in [-0.2, -0.15) is 0 Å². The van der Waals surface area contributed by atoms with Crippen LogP contribution in [0.4, 0.5) is 0 Å². The molecule has 0 amide bonds. The van der Waals surface area contributed by atoms with Crippen LogP contribution in [0.5, 0.6) is 11.5 Å². The standard InChI is InChI=1S/C23H20N2O3.C2H6/c24-21(23(26)27)13-17-14-25-22-11-8-16(12-20(17)22)15-6-9-19(10-7-15)28-18-4-2-1-3-5-18;1-2/h1-12,14,21,25H,13,24H2,(H,26,27);1-2H3. The van der Waals surface area contributed by atoms with Crippen molar-refractivity contribution in [1.29, 1.82) is 0 Å². The molecule has 0 spiro atoms. The van der Waals surface area contributed by atoms with Crippen molar-refractivity contribution < 1.29 is 14.6 Å². The topological polar surface area (TPSA) is 88.3 Å². The highest BCUT2D eigenvalue weighted by Crippen LogP contribution is 2.29. The first-order valence-corrected chi connectivity index (χ1v) is 10.0. The average Bonchev–Trinajstić information content (AvgIpc) is 3.18. The number of hydrogen-bond acceptors (Lipinski definition) is 3. The van der Waals surface area contributed by atoms with Crippen molar-refractivity contribution in [3.8, 4) is 22.6 Å². The lowest BCUT2D eigenvalue weighted by atomic mass is 10.0. The maximum Gasteiger partial charge on any atom is 0.320 e. The molecule has 1 unspecified atom stereocenters. The minimum absolute atomic E-state index is 0.280. The summed E-state index contributed by atoms with van der Waals surface area (Å²) in [6, 6.07) is 22.7. The van der Waals surface area contributed by atoms with E-state index in [4.69, 9.17) is 15.6 Å². The Balaban J connectivity index is 0.00000124. The summed E-state index contributed by atoms with van der Waals surface area (Å²) in [5, 5.41) is 10.1. The minimum Gasteiger partial charge on any atom is -0.480 e. The molecule has 0 aliphatic rings. The molecule has 0 saturated heterocycles. The predicted molar refractivity (Wildman–Crippen MR) is 121 cm³/mol. The van der Waals surface area contributed by atoms with Gasteiger partial charge in [-0.3, -0.25) is 4.79 Å². The van der Waals surface area contributed by atoms with E-state index in [1.54, 1.807) is 0 Å². The number of fused-ring (bicyclic) bond motifs is 1. The number of aromatic nitrogens is 1. The number of para-hydroxylation sites is 1. The van der Waals surface area contributed by atoms with Crippen molar-refractivity contribution in [2.45, 2.75) is 26.3 Å². The average molecular weight is 402 g/mol. The Bertz CT molecular complexity index is 1100. The SMILES string of the molecule is CC.NC(Cc1c[nH]c2ccc(-c3ccc(Oc4ccccc4)cc3)cc12)C(=O)O. The van der Waals surface area contributed by atoms with Crippen LogP contribution in [0.2, 0.25) is 0 Å². The highest BCUT2D eigenvalue weighted by atomic mass is 16.5. The third kappa shape index (κ3) is 4.88. The highest BCUT2D eigenvalue weighted by Gasteiger charge is 2.15. The fraction of sp³-hybridized carbons (Fsp3) is 0.160. The summed E-state index contributed by atoms with van der Waals surface area (Å²) in [5.41, 5.74) is 9.66. The Hall–Kier alpha value is -3.57. The maximum absolute atomic E-state index is 11.1. The van der Waals surface area contributed by atoms with Gasteiger partial charge in [-0.25, -0.2) is 0 Å². The monoisotopic (exact) mass is 402 g/mol. The van der Waals surface area contributed by atoms with E-state index in [1.807, 2.05) is 86.8 Å². The third-order valence-electron chi connectivity index (χ3n) is 4.69. The second-order valence-corrected chi connectivity index (χ2v) is 6.66. The molecule has 0 bridgehead atoms. The van der Waals surface area contributed by atoms with Gasteiger partial charge in [0.05, 0.1) is 0 Å². The first-order chi connectivity index (χ1) is 14.6. The molecule has 5 heteroatoms. The number of H-pyrrole nitrogens is 1. The van der Waals surface area contributed by atoms with Gasteiger partial charge in [0.15, 0.2) is 0 Å². The van der Waals surface area contributed by atoms with Crippen LogP contribution in [0.15, 0.2) is 79.0 Å². The third-order valence-corrected chi connectivity index (χ3v) is 4.69. The van der Waals surface area contributed by atoms with Crippen molar-refractivity contribution in [3.05, 3.63) is 84.6 Å². The number of carboxylic acids is 1. The Morgan fingerprint density at radius 1 is 0.967 bits per heavy atom. The molecule has 4 rings (SSSR count). The molecule has 0 saturated carbocycles. The Morgan fingerprint density at radius 3 is 2.27 bits per heavy atom. The number of hydrogen-bond donors (Lipinski definition) is 3. The smallest absolute Gasteiger partial charge is 0.320 e. The lowest BCUT2D eigenvalue weighted by Gasteiger charge is -2.08.